The van der Waals surface area contributed by atoms with E-state index in [1.54, 1.807) is 30.3 Å². The van der Waals surface area contributed by atoms with Crippen molar-refractivity contribution < 1.29 is 66.6 Å². The summed E-state index contributed by atoms with van der Waals surface area (Å²) < 4.78 is 45.2. The molecule has 0 radical (unpaired) electrons. The number of anilines is 1. The zero-order valence-corrected chi connectivity index (χ0v) is 23.9. The van der Waals surface area contributed by atoms with Gasteiger partial charge in [0.2, 0.25) is 17.6 Å². The molecule has 1 saturated carbocycles. The minimum Gasteiger partial charge on any atom is -0.550 e. The number of hydrogen-bond donors (Lipinski definition) is 2. The molecule has 1 aromatic heterocycles. The second kappa shape index (κ2) is 14.0. The summed E-state index contributed by atoms with van der Waals surface area (Å²) in [5, 5.41) is 15.8. The van der Waals surface area contributed by atoms with E-state index >= 15 is 0 Å². The molecule has 0 saturated heterocycles. The van der Waals surface area contributed by atoms with Gasteiger partial charge in [0.15, 0.2) is 5.69 Å². The number of aromatic nitrogens is 1. The van der Waals surface area contributed by atoms with Gasteiger partial charge in [-0.15, -0.1) is 0 Å². The number of alkyl halides is 3. The Kier molecular flexibility index (Phi) is 11.0. The standard InChI is InChI=1S/C28H28F3N3O5.Na/c29-28(30,31)25-24(34-27(39-25)20-4-2-1-3-5-20)26(38)32-15-14-22(35)33-21-12-10-19(11-13-21)18-8-6-17(7-9-18)16-23(36)37;/h1-5,10-13,17-18H,6-9,14-16H2,(H,32,38)(H,33,35)(H,36,37);/q;+1/p-1/t17-,18-;. The SMILES string of the molecule is O=C([O-])C[C@H]1CC[C@H](c2ccc(NC(=O)CCNC(=O)c3nc(-c4ccccc4)oc3C(F)(F)F)cc2)CC1.[Na+]. The van der Waals surface area contributed by atoms with E-state index in [9.17, 15) is 32.7 Å². The Morgan fingerprint density at radius 1 is 0.975 bits per heavy atom. The summed E-state index contributed by atoms with van der Waals surface area (Å²) >= 11 is 0. The first kappa shape index (κ1) is 31.4. The van der Waals surface area contributed by atoms with E-state index in [0.717, 1.165) is 31.2 Å². The number of nitrogens with one attached hydrogen (secondary N) is 2. The van der Waals surface area contributed by atoms with Crippen LogP contribution in [0.25, 0.3) is 11.5 Å². The van der Waals surface area contributed by atoms with Crippen molar-refractivity contribution in [3.8, 4) is 11.5 Å². The van der Waals surface area contributed by atoms with Crippen LogP contribution < -0.4 is 45.3 Å². The maximum atomic E-state index is 13.4. The van der Waals surface area contributed by atoms with E-state index in [2.05, 4.69) is 15.6 Å². The van der Waals surface area contributed by atoms with Crippen molar-refractivity contribution in [2.45, 2.75) is 50.6 Å². The van der Waals surface area contributed by atoms with Crippen molar-refractivity contribution in [2.75, 3.05) is 11.9 Å². The third-order valence-corrected chi connectivity index (χ3v) is 6.73. The molecule has 2 aromatic carbocycles. The monoisotopic (exact) mass is 565 g/mol. The fraction of sp³-hybridized carbons (Fsp3) is 0.357. The van der Waals surface area contributed by atoms with E-state index in [0.29, 0.717) is 11.6 Å². The summed E-state index contributed by atoms with van der Waals surface area (Å²) in [6.45, 7) is -0.206. The Morgan fingerprint density at radius 3 is 2.23 bits per heavy atom. The number of halogens is 3. The second-order valence-electron chi connectivity index (χ2n) is 9.53. The molecule has 1 fully saturated rings. The molecule has 1 aliphatic rings. The van der Waals surface area contributed by atoms with Crippen LogP contribution in [0, 0.1) is 5.92 Å². The van der Waals surface area contributed by atoms with Crippen LogP contribution in [-0.4, -0.2) is 29.3 Å². The summed E-state index contributed by atoms with van der Waals surface area (Å²) in [4.78, 5) is 39.3. The molecule has 3 aromatic rings. The van der Waals surface area contributed by atoms with Gasteiger partial charge in [-0.05, 0) is 73.8 Å². The van der Waals surface area contributed by atoms with Gasteiger partial charge >= 0.3 is 35.7 Å². The average Bonchev–Trinajstić information content (AvgIpc) is 3.37. The minimum atomic E-state index is -4.93. The maximum Gasteiger partial charge on any atom is 1.00 e. The molecule has 1 aliphatic carbocycles. The summed E-state index contributed by atoms with van der Waals surface area (Å²) in [6.07, 6.45) is -1.57. The van der Waals surface area contributed by atoms with Crippen molar-refractivity contribution in [1.82, 2.24) is 10.3 Å². The van der Waals surface area contributed by atoms with Gasteiger partial charge in [-0.2, -0.15) is 13.2 Å². The number of aliphatic carboxylic acids is 1. The van der Waals surface area contributed by atoms with Crippen molar-refractivity contribution in [2.24, 2.45) is 5.92 Å². The number of carbonyl (C=O) groups excluding carboxylic acids is 3. The molecule has 40 heavy (non-hydrogen) atoms. The van der Waals surface area contributed by atoms with Gasteiger partial charge in [0.1, 0.15) is 0 Å². The Bertz CT molecular complexity index is 1300. The second-order valence-corrected chi connectivity index (χ2v) is 9.53. The number of carboxylic acids is 1. The van der Waals surface area contributed by atoms with Gasteiger partial charge in [-0.25, -0.2) is 4.98 Å². The van der Waals surface area contributed by atoms with E-state index in [1.165, 1.54) is 12.1 Å². The van der Waals surface area contributed by atoms with Crippen molar-refractivity contribution in [3.05, 3.63) is 71.6 Å². The van der Waals surface area contributed by atoms with Crippen molar-refractivity contribution in [3.63, 3.8) is 0 Å². The molecule has 4 rings (SSSR count). The summed E-state index contributed by atoms with van der Waals surface area (Å²) in [5.41, 5.74) is 1.04. The molecule has 0 unspecified atom stereocenters. The Hall–Kier alpha value is -3.15. The molecular weight excluding hydrogens is 538 g/mol. The number of benzene rings is 2. The smallest absolute Gasteiger partial charge is 0.550 e. The molecule has 0 aliphatic heterocycles. The van der Waals surface area contributed by atoms with Crippen LogP contribution in [0.3, 0.4) is 0 Å². The van der Waals surface area contributed by atoms with Crippen LogP contribution >= 0.6 is 0 Å². The quantitative estimate of drug-likeness (QED) is 0.380. The fourth-order valence-corrected chi connectivity index (χ4v) is 4.74. The van der Waals surface area contributed by atoms with Crippen molar-refractivity contribution in [1.29, 1.82) is 0 Å². The molecule has 206 valence electrons. The zero-order chi connectivity index (χ0) is 28.0. The van der Waals surface area contributed by atoms with Crippen LogP contribution in [0.4, 0.5) is 18.9 Å². The van der Waals surface area contributed by atoms with Crippen LogP contribution in [0.5, 0.6) is 0 Å². The normalized spacial score (nSPS) is 17.0. The molecule has 0 bridgehead atoms. The summed E-state index contributed by atoms with van der Waals surface area (Å²) in [5.74, 6) is -3.90. The third-order valence-electron chi connectivity index (χ3n) is 6.73. The van der Waals surface area contributed by atoms with Gasteiger partial charge in [0, 0.05) is 30.2 Å². The number of carboxylic acid groups (broad SMARTS) is 1. The molecular formula is C28H27F3N3NaO5. The van der Waals surface area contributed by atoms with Gasteiger partial charge in [0.25, 0.3) is 5.91 Å². The van der Waals surface area contributed by atoms with Crippen LogP contribution in [0.1, 0.15) is 66.3 Å². The largest absolute Gasteiger partial charge is 1.00 e. The van der Waals surface area contributed by atoms with Crippen molar-refractivity contribution >= 4 is 23.5 Å². The Balaban J connectivity index is 0.00000441. The fourth-order valence-electron chi connectivity index (χ4n) is 4.74. The average molecular weight is 566 g/mol. The molecule has 0 spiro atoms. The van der Waals surface area contributed by atoms with E-state index < -0.39 is 35.4 Å². The van der Waals surface area contributed by atoms with Gasteiger partial charge in [0.05, 0.1) is 0 Å². The first-order chi connectivity index (χ1) is 18.6. The number of amides is 2. The van der Waals surface area contributed by atoms with Crippen LogP contribution in [-0.2, 0) is 15.8 Å². The minimum absolute atomic E-state index is 0. The third kappa shape index (κ3) is 8.42. The van der Waals surface area contributed by atoms with Gasteiger partial charge in [-0.1, -0.05) is 30.3 Å². The first-order valence-corrected chi connectivity index (χ1v) is 12.6. The predicted octanol–water partition coefficient (Wildman–Crippen LogP) is 1.54. The summed E-state index contributed by atoms with van der Waals surface area (Å²) in [7, 11) is 0. The summed E-state index contributed by atoms with van der Waals surface area (Å²) in [6, 6.07) is 15.2. The molecule has 0 atom stereocenters. The zero-order valence-electron chi connectivity index (χ0n) is 21.9. The molecule has 1 heterocycles. The van der Waals surface area contributed by atoms with Crippen LogP contribution in [0.15, 0.2) is 59.0 Å². The first-order valence-electron chi connectivity index (χ1n) is 12.6. The molecule has 8 nitrogen and oxygen atoms in total. The topological polar surface area (TPSA) is 124 Å². The van der Waals surface area contributed by atoms with Gasteiger partial charge < -0.3 is 25.0 Å². The number of carbonyl (C=O) groups is 3. The molecule has 12 heteroatoms. The molecule has 2 amide bonds. The number of rotatable bonds is 9. The van der Waals surface area contributed by atoms with E-state index in [-0.39, 0.29) is 66.3 Å². The van der Waals surface area contributed by atoms with Crippen LogP contribution in [0.2, 0.25) is 0 Å². The Morgan fingerprint density at radius 2 is 1.62 bits per heavy atom. The maximum absolute atomic E-state index is 13.4. The number of oxazole rings is 1. The molecule has 2 N–H and O–H groups in total. The van der Waals surface area contributed by atoms with E-state index in [1.807, 2.05) is 12.1 Å². The Labute approximate surface area is 251 Å². The predicted molar refractivity (Wildman–Crippen MR) is 133 cm³/mol. The van der Waals surface area contributed by atoms with E-state index in [4.69, 9.17) is 4.42 Å². The number of nitrogens with zero attached hydrogens (tertiary/aromatic N) is 1. The number of hydrogen-bond acceptors (Lipinski definition) is 6. The van der Waals surface area contributed by atoms with Gasteiger partial charge in [-0.3, -0.25) is 9.59 Å².